The van der Waals surface area contributed by atoms with Gasteiger partial charge in [-0.05, 0) is 31.7 Å². The lowest BCUT2D eigenvalue weighted by Gasteiger charge is -2.19. The molecule has 1 unspecified atom stereocenters. The Kier molecular flexibility index (Phi) is 6.07. The Labute approximate surface area is 174 Å². The zero-order chi connectivity index (χ0) is 20.7. The number of anilines is 1. The Balaban J connectivity index is 1.91. The van der Waals surface area contributed by atoms with Crippen LogP contribution in [0.2, 0.25) is 8.67 Å². The Hall–Kier alpha value is -1.20. The van der Waals surface area contributed by atoms with Gasteiger partial charge in [-0.3, -0.25) is 4.72 Å². The van der Waals surface area contributed by atoms with Crippen molar-refractivity contribution in [1.82, 2.24) is 4.90 Å². The number of halogens is 5. The Bertz CT molecular complexity index is 980. The molecular formula is C16H15Cl2F3N2O3S2. The summed E-state index contributed by atoms with van der Waals surface area (Å²) in [5.41, 5.74) is -1.05. The van der Waals surface area contributed by atoms with E-state index in [-0.39, 0.29) is 19.3 Å². The lowest BCUT2D eigenvalue weighted by molar-refractivity contribution is -0.139. The molecule has 1 aromatic carbocycles. The van der Waals surface area contributed by atoms with Gasteiger partial charge in [0.15, 0.2) is 0 Å². The van der Waals surface area contributed by atoms with Crippen LogP contribution < -0.4 is 9.46 Å². The van der Waals surface area contributed by atoms with Crippen LogP contribution in [0.1, 0.15) is 12.0 Å². The zero-order valence-corrected chi connectivity index (χ0v) is 17.5. The quantitative estimate of drug-likeness (QED) is 0.665. The zero-order valence-electron chi connectivity index (χ0n) is 14.4. The van der Waals surface area contributed by atoms with Crippen LogP contribution in [0.3, 0.4) is 0 Å². The average molecular weight is 475 g/mol. The van der Waals surface area contributed by atoms with Gasteiger partial charge in [0, 0.05) is 19.2 Å². The molecule has 1 aliphatic rings. The van der Waals surface area contributed by atoms with Crippen molar-refractivity contribution in [2.45, 2.75) is 23.6 Å². The fourth-order valence-corrected chi connectivity index (χ4v) is 6.01. The van der Waals surface area contributed by atoms with Crippen LogP contribution in [-0.2, 0) is 16.2 Å². The van der Waals surface area contributed by atoms with Gasteiger partial charge in [0.05, 0.1) is 15.6 Å². The second-order valence-electron chi connectivity index (χ2n) is 6.29. The predicted octanol–water partition coefficient (Wildman–Crippen LogP) is 4.96. The monoisotopic (exact) mass is 474 g/mol. The summed E-state index contributed by atoms with van der Waals surface area (Å²) >= 11 is 12.5. The summed E-state index contributed by atoms with van der Waals surface area (Å²) in [6.07, 6.45) is -4.48. The molecule has 28 heavy (non-hydrogen) atoms. The molecule has 5 nitrogen and oxygen atoms in total. The number of rotatable bonds is 5. The molecule has 1 aromatic heterocycles. The van der Waals surface area contributed by atoms with Crippen molar-refractivity contribution in [3.63, 3.8) is 0 Å². The number of thiophene rings is 1. The minimum atomic E-state index is -4.64. The fraction of sp³-hybridized carbons (Fsp3) is 0.375. The van der Waals surface area contributed by atoms with E-state index >= 15 is 0 Å². The van der Waals surface area contributed by atoms with E-state index in [1.807, 2.05) is 11.9 Å². The highest BCUT2D eigenvalue weighted by molar-refractivity contribution is 7.93. The number of ether oxygens (including phenoxy) is 1. The van der Waals surface area contributed by atoms with Gasteiger partial charge < -0.3 is 9.64 Å². The number of likely N-dealkylation sites (tertiary alicyclic amines) is 1. The van der Waals surface area contributed by atoms with Crippen molar-refractivity contribution in [2.75, 3.05) is 24.9 Å². The molecule has 3 rings (SSSR count). The number of alkyl halides is 3. The van der Waals surface area contributed by atoms with Crippen LogP contribution in [0.5, 0.6) is 5.75 Å². The van der Waals surface area contributed by atoms with Crippen molar-refractivity contribution in [2.24, 2.45) is 0 Å². The van der Waals surface area contributed by atoms with Crippen LogP contribution in [0.4, 0.5) is 18.9 Å². The third-order valence-corrected chi connectivity index (χ3v) is 7.23. The molecule has 1 aliphatic heterocycles. The first kappa shape index (κ1) is 21.5. The summed E-state index contributed by atoms with van der Waals surface area (Å²) < 4.78 is 72.9. The largest absolute Gasteiger partial charge is 0.488 e. The SMILES string of the molecule is CN1CCC(Oc2cc(NS(=O)(=O)c3cc(Cl)sc3Cl)ccc2C(F)(F)F)C1. The molecule has 0 spiro atoms. The van der Waals surface area contributed by atoms with E-state index in [0.29, 0.717) is 19.5 Å². The molecule has 0 radical (unpaired) electrons. The summed E-state index contributed by atoms with van der Waals surface area (Å²) in [7, 11) is -2.28. The lowest BCUT2D eigenvalue weighted by Crippen LogP contribution is -2.23. The van der Waals surface area contributed by atoms with Gasteiger partial charge in [-0.1, -0.05) is 23.2 Å². The normalized spacial score (nSPS) is 18.4. The van der Waals surface area contributed by atoms with Crippen LogP contribution in [0.15, 0.2) is 29.2 Å². The molecule has 1 N–H and O–H groups in total. The first-order valence-corrected chi connectivity index (χ1v) is 11.1. The molecule has 0 amide bonds. The van der Waals surface area contributed by atoms with Gasteiger partial charge in [-0.15, -0.1) is 11.3 Å². The standard InChI is InChI=1S/C16H15Cl2F3N2O3S2/c1-23-5-4-10(8-23)26-12-6-9(2-3-11(12)16(19,20)21)22-28(24,25)13-7-14(17)27-15(13)18/h2-3,6-7,10,22H,4-5,8H2,1H3. The molecule has 154 valence electrons. The van der Waals surface area contributed by atoms with Gasteiger partial charge >= 0.3 is 6.18 Å². The number of hydrogen-bond acceptors (Lipinski definition) is 5. The van der Waals surface area contributed by atoms with E-state index in [0.717, 1.165) is 29.5 Å². The van der Waals surface area contributed by atoms with Crippen molar-refractivity contribution in [3.8, 4) is 5.75 Å². The number of sulfonamides is 1. The summed E-state index contributed by atoms with van der Waals surface area (Å²) in [6, 6.07) is 4.01. The number of likely N-dealkylation sites (N-methyl/N-ethyl adjacent to an activating group) is 1. The van der Waals surface area contributed by atoms with E-state index in [1.165, 1.54) is 6.07 Å². The molecule has 1 atom stereocenters. The van der Waals surface area contributed by atoms with Crippen molar-refractivity contribution >= 4 is 50.2 Å². The van der Waals surface area contributed by atoms with Crippen LogP contribution in [0.25, 0.3) is 0 Å². The Morgan fingerprint density at radius 1 is 1.29 bits per heavy atom. The second kappa shape index (κ2) is 7.91. The van der Waals surface area contributed by atoms with Gasteiger partial charge in [0.25, 0.3) is 10.0 Å². The highest BCUT2D eigenvalue weighted by atomic mass is 35.5. The minimum absolute atomic E-state index is 0.0464. The summed E-state index contributed by atoms with van der Waals surface area (Å²) in [4.78, 5) is 1.69. The van der Waals surface area contributed by atoms with Gasteiger partial charge in [0.2, 0.25) is 0 Å². The molecule has 0 bridgehead atoms. The van der Waals surface area contributed by atoms with Gasteiger partial charge in [0.1, 0.15) is 21.1 Å². The summed E-state index contributed by atoms with van der Waals surface area (Å²) in [5, 5.41) is 0. The molecule has 1 saturated heterocycles. The van der Waals surface area contributed by atoms with E-state index in [4.69, 9.17) is 27.9 Å². The van der Waals surface area contributed by atoms with E-state index in [1.54, 1.807) is 0 Å². The lowest BCUT2D eigenvalue weighted by atomic mass is 10.1. The van der Waals surface area contributed by atoms with Crippen LogP contribution in [0, 0.1) is 0 Å². The number of nitrogens with zero attached hydrogens (tertiary/aromatic N) is 1. The molecule has 12 heteroatoms. The summed E-state index contributed by atoms with van der Waals surface area (Å²) in [5.74, 6) is -0.428. The highest BCUT2D eigenvalue weighted by Gasteiger charge is 2.36. The highest BCUT2D eigenvalue weighted by Crippen LogP contribution is 2.40. The Morgan fingerprint density at radius 2 is 2.00 bits per heavy atom. The van der Waals surface area contributed by atoms with Gasteiger partial charge in [-0.25, -0.2) is 8.42 Å². The third-order valence-electron chi connectivity index (χ3n) is 4.10. The molecule has 2 heterocycles. The fourth-order valence-electron chi connectivity index (χ4n) is 2.81. The second-order valence-corrected chi connectivity index (χ2v) is 10.2. The predicted molar refractivity (Wildman–Crippen MR) is 103 cm³/mol. The topological polar surface area (TPSA) is 58.6 Å². The first-order chi connectivity index (χ1) is 13.0. The minimum Gasteiger partial charge on any atom is -0.488 e. The van der Waals surface area contributed by atoms with E-state index < -0.39 is 33.6 Å². The first-order valence-electron chi connectivity index (χ1n) is 8.00. The molecule has 2 aromatic rings. The number of hydrogen-bond donors (Lipinski definition) is 1. The molecular weight excluding hydrogens is 460 g/mol. The van der Waals surface area contributed by atoms with Crippen LogP contribution >= 0.6 is 34.5 Å². The van der Waals surface area contributed by atoms with E-state index in [9.17, 15) is 21.6 Å². The van der Waals surface area contributed by atoms with Crippen molar-refractivity contribution in [1.29, 1.82) is 0 Å². The van der Waals surface area contributed by atoms with Gasteiger partial charge in [-0.2, -0.15) is 13.2 Å². The number of benzene rings is 1. The van der Waals surface area contributed by atoms with Crippen molar-refractivity contribution < 1.29 is 26.3 Å². The smallest absolute Gasteiger partial charge is 0.419 e. The van der Waals surface area contributed by atoms with Crippen LogP contribution in [-0.4, -0.2) is 39.6 Å². The summed E-state index contributed by atoms with van der Waals surface area (Å²) in [6.45, 7) is 1.19. The maximum absolute atomic E-state index is 13.3. The molecule has 0 aliphatic carbocycles. The maximum Gasteiger partial charge on any atom is 0.419 e. The average Bonchev–Trinajstić information content (AvgIpc) is 3.11. The van der Waals surface area contributed by atoms with Crippen molar-refractivity contribution in [3.05, 3.63) is 38.5 Å². The van der Waals surface area contributed by atoms with E-state index in [2.05, 4.69) is 4.72 Å². The maximum atomic E-state index is 13.3. The molecule has 0 saturated carbocycles. The third kappa shape index (κ3) is 4.85. The Morgan fingerprint density at radius 3 is 2.54 bits per heavy atom. The number of nitrogens with one attached hydrogen (secondary N) is 1. The molecule has 1 fully saturated rings.